The molecule has 0 saturated heterocycles. The normalized spacial score (nSPS) is 12.2. The van der Waals surface area contributed by atoms with Crippen molar-refractivity contribution in [3.05, 3.63) is 127 Å². The van der Waals surface area contributed by atoms with Crippen molar-refractivity contribution in [1.82, 2.24) is 19.5 Å². The first-order chi connectivity index (χ1) is 19.8. The highest BCUT2D eigenvalue weighted by atomic mass is 15.2. The monoisotopic (exact) mass is 515 g/mol. The van der Waals surface area contributed by atoms with Gasteiger partial charge in [0.05, 0.1) is 50.5 Å². The standard InChI is InChI=1S/C35H25N5/c1-2-32-36-28-18-11-19-30-35(28)40(32)29-21-20-24(22-31(29)39(30)25-14-7-4-8-15-25)34-33(23-12-5-3-6-13-23)37-26-16-9-10-17-27(26)38-34/h3-22H,2H2,1H3. The molecule has 0 saturated carbocycles. The van der Waals surface area contributed by atoms with Gasteiger partial charge in [-0.25, -0.2) is 15.0 Å². The summed E-state index contributed by atoms with van der Waals surface area (Å²) in [5.41, 5.74) is 12.1. The van der Waals surface area contributed by atoms with Gasteiger partial charge in [-0.3, -0.25) is 4.57 Å². The van der Waals surface area contributed by atoms with E-state index in [0.717, 1.165) is 79.6 Å². The third-order valence-corrected chi connectivity index (χ3v) is 7.64. The number of aryl methyl sites for hydroxylation is 1. The molecule has 0 bridgehead atoms. The van der Waals surface area contributed by atoms with E-state index in [1.165, 1.54) is 0 Å². The number of benzene rings is 5. The molecule has 190 valence electrons. The summed E-state index contributed by atoms with van der Waals surface area (Å²) in [6.45, 7) is 2.17. The smallest absolute Gasteiger partial charge is 0.114 e. The lowest BCUT2D eigenvalue weighted by Crippen LogP contribution is -2.19. The molecule has 1 aliphatic heterocycles. The van der Waals surface area contributed by atoms with Gasteiger partial charge in [-0.1, -0.05) is 79.7 Å². The average Bonchev–Trinajstić information content (AvgIpc) is 3.41. The maximum Gasteiger partial charge on any atom is 0.114 e. The predicted octanol–water partition coefficient (Wildman–Crippen LogP) is 8.65. The SMILES string of the molecule is CCc1nc2cccc3c2n1-c1ccc(-c2nc4ccccc4nc2-c2ccccc2)cc1N3c1ccccc1. The Morgan fingerprint density at radius 1 is 0.525 bits per heavy atom. The molecule has 3 heterocycles. The van der Waals surface area contributed by atoms with E-state index in [1.807, 2.05) is 42.5 Å². The van der Waals surface area contributed by atoms with E-state index in [-0.39, 0.29) is 0 Å². The summed E-state index contributed by atoms with van der Waals surface area (Å²) in [4.78, 5) is 17.6. The molecule has 7 aromatic rings. The van der Waals surface area contributed by atoms with Gasteiger partial charge in [0.25, 0.3) is 0 Å². The van der Waals surface area contributed by atoms with Crippen LogP contribution in [0, 0.1) is 0 Å². The maximum absolute atomic E-state index is 5.18. The van der Waals surface area contributed by atoms with Crippen LogP contribution in [0.4, 0.5) is 17.1 Å². The minimum atomic E-state index is 0.842. The maximum atomic E-state index is 5.18. The third kappa shape index (κ3) is 3.38. The van der Waals surface area contributed by atoms with Gasteiger partial charge in [-0.2, -0.15) is 0 Å². The quantitative estimate of drug-likeness (QED) is 0.235. The number of aromatic nitrogens is 4. The lowest BCUT2D eigenvalue weighted by Gasteiger charge is -2.33. The van der Waals surface area contributed by atoms with Crippen molar-refractivity contribution in [3.8, 4) is 28.2 Å². The number of para-hydroxylation sites is 4. The van der Waals surface area contributed by atoms with Gasteiger partial charge in [0.1, 0.15) is 5.82 Å². The Bertz CT molecular complexity index is 2040. The van der Waals surface area contributed by atoms with Crippen molar-refractivity contribution in [3.63, 3.8) is 0 Å². The van der Waals surface area contributed by atoms with Gasteiger partial charge in [0.2, 0.25) is 0 Å². The Kier molecular flexibility index (Phi) is 5.04. The van der Waals surface area contributed by atoms with E-state index in [0.29, 0.717) is 0 Å². The van der Waals surface area contributed by atoms with E-state index < -0.39 is 0 Å². The highest BCUT2D eigenvalue weighted by Gasteiger charge is 2.29. The number of nitrogens with zero attached hydrogens (tertiary/aromatic N) is 5. The lowest BCUT2D eigenvalue weighted by atomic mass is 10.0. The fourth-order valence-electron chi connectivity index (χ4n) is 5.86. The summed E-state index contributed by atoms with van der Waals surface area (Å²) in [5.74, 6) is 1.06. The molecule has 0 amide bonds. The first-order valence-electron chi connectivity index (χ1n) is 13.6. The summed E-state index contributed by atoms with van der Waals surface area (Å²) in [6.07, 6.45) is 0.842. The Hall–Kier alpha value is -5.29. The van der Waals surface area contributed by atoms with Crippen LogP contribution in [0.3, 0.4) is 0 Å². The first kappa shape index (κ1) is 22.7. The molecule has 8 rings (SSSR count). The molecule has 1 aliphatic rings. The van der Waals surface area contributed by atoms with Crippen LogP contribution in [-0.4, -0.2) is 19.5 Å². The number of hydrogen-bond acceptors (Lipinski definition) is 4. The Labute approximate surface area is 232 Å². The van der Waals surface area contributed by atoms with Crippen molar-refractivity contribution in [2.75, 3.05) is 4.90 Å². The van der Waals surface area contributed by atoms with E-state index in [2.05, 4.69) is 95.3 Å². The summed E-state index contributed by atoms with van der Waals surface area (Å²) in [7, 11) is 0. The van der Waals surface area contributed by atoms with Crippen molar-refractivity contribution in [2.45, 2.75) is 13.3 Å². The second-order valence-corrected chi connectivity index (χ2v) is 10.0. The molecule has 5 heteroatoms. The number of anilines is 3. The highest BCUT2D eigenvalue weighted by Crippen LogP contribution is 2.48. The molecular weight excluding hydrogens is 490 g/mol. The Morgan fingerprint density at radius 2 is 1.18 bits per heavy atom. The summed E-state index contributed by atoms with van der Waals surface area (Å²) in [5, 5.41) is 0. The van der Waals surface area contributed by atoms with Gasteiger partial charge in [-0.05, 0) is 48.5 Å². The van der Waals surface area contributed by atoms with Crippen LogP contribution >= 0.6 is 0 Å². The van der Waals surface area contributed by atoms with Crippen LogP contribution in [-0.2, 0) is 6.42 Å². The van der Waals surface area contributed by atoms with Crippen molar-refractivity contribution >= 4 is 39.1 Å². The molecule has 2 aromatic heterocycles. The topological polar surface area (TPSA) is 46.8 Å². The van der Waals surface area contributed by atoms with Crippen molar-refractivity contribution in [1.29, 1.82) is 0 Å². The van der Waals surface area contributed by atoms with Crippen LogP contribution in [0.5, 0.6) is 0 Å². The molecule has 0 radical (unpaired) electrons. The molecule has 5 nitrogen and oxygen atoms in total. The zero-order valence-corrected chi connectivity index (χ0v) is 22.0. The van der Waals surface area contributed by atoms with Crippen LogP contribution in [0.1, 0.15) is 12.7 Å². The van der Waals surface area contributed by atoms with Gasteiger partial charge in [-0.15, -0.1) is 0 Å². The highest BCUT2D eigenvalue weighted by molar-refractivity contribution is 6.02. The minimum Gasteiger partial charge on any atom is -0.306 e. The first-order valence-corrected chi connectivity index (χ1v) is 13.6. The van der Waals surface area contributed by atoms with E-state index in [9.17, 15) is 0 Å². The van der Waals surface area contributed by atoms with Gasteiger partial charge in [0, 0.05) is 23.2 Å². The summed E-state index contributed by atoms with van der Waals surface area (Å²) >= 11 is 0. The van der Waals surface area contributed by atoms with Gasteiger partial charge in [0.15, 0.2) is 0 Å². The number of fused-ring (bicyclic) bond motifs is 3. The molecule has 0 atom stereocenters. The molecule has 0 unspecified atom stereocenters. The third-order valence-electron chi connectivity index (χ3n) is 7.64. The largest absolute Gasteiger partial charge is 0.306 e. The molecule has 40 heavy (non-hydrogen) atoms. The summed E-state index contributed by atoms with van der Waals surface area (Å²) in [6, 6.07) is 42.0. The number of imidazole rings is 1. The van der Waals surface area contributed by atoms with E-state index in [4.69, 9.17) is 15.0 Å². The molecule has 0 fully saturated rings. The van der Waals surface area contributed by atoms with Crippen molar-refractivity contribution in [2.24, 2.45) is 0 Å². The molecule has 0 spiro atoms. The average molecular weight is 516 g/mol. The molecule has 0 aliphatic carbocycles. The van der Waals surface area contributed by atoms with E-state index in [1.54, 1.807) is 0 Å². The molecule has 0 N–H and O–H groups in total. The van der Waals surface area contributed by atoms with E-state index >= 15 is 0 Å². The zero-order valence-electron chi connectivity index (χ0n) is 22.0. The van der Waals surface area contributed by atoms with Crippen molar-refractivity contribution < 1.29 is 0 Å². The predicted molar refractivity (Wildman–Crippen MR) is 163 cm³/mol. The number of rotatable bonds is 4. The Morgan fingerprint density at radius 3 is 1.90 bits per heavy atom. The Balaban J connectivity index is 1.43. The van der Waals surface area contributed by atoms with Crippen LogP contribution in [0.15, 0.2) is 121 Å². The molecule has 5 aromatic carbocycles. The lowest BCUT2D eigenvalue weighted by molar-refractivity contribution is 0.900. The van der Waals surface area contributed by atoms with Gasteiger partial charge < -0.3 is 4.90 Å². The second kappa shape index (κ2) is 8.89. The fraction of sp³-hybridized carbons (Fsp3) is 0.0571. The fourth-order valence-corrected chi connectivity index (χ4v) is 5.86. The summed E-state index contributed by atoms with van der Waals surface area (Å²) < 4.78 is 2.33. The zero-order chi connectivity index (χ0) is 26.6. The van der Waals surface area contributed by atoms with Gasteiger partial charge >= 0.3 is 0 Å². The molecular formula is C35H25N5. The number of hydrogen-bond donors (Lipinski definition) is 0. The van der Waals surface area contributed by atoms with Crippen LogP contribution < -0.4 is 4.90 Å². The second-order valence-electron chi connectivity index (χ2n) is 10.0. The minimum absolute atomic E-state index is 0.842. The van der Waals surface area contributed by atoms with Crippen LogP contribution in [0.25, 0.3) is 50.3 Å². The van der Waals surface area contributed by atoms with Crippen LogP contribution in [0.2, 0.25) is 0 Å².